The van der Waals surface area contributed by atoms with E-state index in [1.165, 1.54) is 0 Å². The van der Waals surface area contributed by atoms with Crippen LogP contribution in [-0.2, 0) is 0 Å². The van der Waals surface area contributed by atoms with Crippen molar-refractivity contribution in [1.29, 1.82) is 0 Å². The predicted molar refractivity (Wildman–Crippen MR) is 58.6 cm³/mol. The molecule has 0 amide bonds. The maximum atomic E-state index is 9.77. The van der Waals surface area contributed by atoms with Crippen molar-refractivity contribution in [3.63, 3.8) is 0 Å². The molecule has 1 heterocycles. The second-order valence-electron chi connectivity index (χ2n) is 4.57. The molecular weight excluding hydrogens is 192 g/mol. The Labute approximate surface area is 90.7 Å². The third-order valence-electron chi connectivity index (χ3n) is 2.57. The summed E-state index contributed by atoms with van der Waals surface area (Å²) in [5, 5.41) is 13.0. The van der Waals surface area contributed by atoms with Crippen molar-refractivity contribution in [2.45, 2.75) is 52.3 Å². The Balaban J connectivity index is 2.60. The van der Waals surface area contributed by atoms with Crippen LogP contribution in [0, 0.1) is 6.92 Å². The van der Waals surface area contributed by atoms with Gasteiger partial charge in [0.15, 0.2) is 0 Å². The summed E-state index contributed by atoms with van der Waals surface area (Å²) in [6.45, 7) is 9.32. The van der Waals surface area contributed by atoms with Crippen LogP contribution in [0.15, 0.2) is 10.6 Å². The summed E-state index contributed by atoms with van der Waals surface area (Å²) >= 11 is 0. The SMILES string of the molecule is Cc1cnc(C(C)NC(C)C(C)(C)O)o1. The van der Waals surface area contributed by atoms with Crippen molar-refractivity contribution in [3.05, 3.63) is 17.8 Å². The molecule has 0 radical (unpaired) electrons. The van der Waals surface area contributed by atoms with E-state index in [9.17, 15) is 5.11 Å². The largest absolute Gasteiger partial charge is 0.444 e. The molecule has 4 nitrogen and oxygen atoms in total. The van der Waals surface area contributed by atoms with Gasteiger partial charge in [0.05, 0.1) is 17.8 Å². The van der Waals surface area contributed by atoms with Crippen LogP contribution < -0.4 is 5.32 Å². The third-order valence-corrected chi connectivity index (χ3v) is 2.57. The summed E-state index contributed by atoms with van der Waals surface area (Å²) in [4.78, 5) is 4.14. The molecule has 2 N–H and O–H groups in total. The molecule has 4 heteroatoms. The van der Waals surface area contributed by atoms with E-state index in [2.05, 4.69) is 10.3 Å². The van der Waals surface area contributed by atoms with Gasteiger partial charge in [-0.15, -0.1) is 0 Å². The van der Waals surface area contributed by atoms with Crippen molar-refractivity contribution >= 4 is 0 Å². The van der Waals surface area contributed by atoms with Gasteiger partial charge in [-0.1, -0.05) is 0 Å². The highest BCUT2D eigenvalue weighted by Crippen LogP contribution is 2.16. The summed E-state index contributed by atoms with van der Waals surface area (Å²) in [7, 11) is 0. The number of aryl methyl sites for hydroxylation is 1. The first-order chi connectivity index (χ1) is 6.80. The van der Waals surface area contributed by atoms with E-state index in [-0.39, 0.29) is 12.1 Å². The quantitative estimate of drug-likeness (QED) is 0.799. The lowest BCUT2D eigenvalue weighted by Crippen LogP contribution is -2.45. The normalized spacial score (nSPS) is 16.4. The van der Waals surface area contributed by atoms with E-state index < -0.39 is 5.60 Å². The molecule has 0 fully saturated rings. The average molecular weight is 212 g/mol. The van der Waals surface area contributed by atoms with Crippen LogP contribution in [-0.4, -0.2) is 21.7 Å². The molecule has 0 saturated carbocycles. The summed E-state index contributed by atoms with van der Waals surface area (Å²) in [6.07, 6.45) is 1.70. The fourth-order valence-electron chi connectivity index (χ4n) is 1.22. The van der Waals surface area contributed by atoms with Gasteiger partial charge >= 0.3 is 0 Å². The van der Waals surface area contributed by atoms with E-state index in [0.717, 1.165) is 5.76 Å². The lowest BCUT2D eigenvalue weighted by atomic mass is 10.0. The van der Waals surface area contributed by atoms with Gasteiger partial charge in [-0.2, -0.15) is 0 Å². The molecule has 15 heavy (non-hydrogen) atoms. The number of aliphatic hydroxyl groups is 1. The molecule has 0 aliphatic heterocycles. The fraction of sp³-hybridized carbons (Fsp3) is 0.727. The Morgan fingerprint density at radius 1 is 1.47 bits per heavy atom. The van der Waals surface area contributed by atoms with Crippen LogP contribution in [0.1, 0.15) is 45.4 Å². The topological polar surface area (TPSA) is 58.3 Å². The van der Waals surface area contributed by atoms with Crippen molar-refractivity contribution in [2.75, 3.05) is 0 Å². The summed E-state index contributed by atoms with van der Waals surface area (Å²) in [5.41, 5.74) is -0.754. The number of nitrogens with one attached hydrogen (secondary N) is 1. The average Bonchev–Trinajstić information content (AvgIpc) is 2.50. The number of nitrogens with zero attached hydrogens (tertiary/aromatic N) is 1. The lowest BCUT2D eigenvalue weighted by Gasteiger charge is -2.28. The second kappa shape index (κ2) is 4.33. The smallest absolute Gasteiger partial charge is 0.211 e. The molecule has 2 unspecified atom stereocenters. The monoisotopic (exact) mass is 212 g/mol. The van der Waals surface area contributed by atoms with Gasteiger partial charge < -0.3 is 14.8 Å². The Kier molecular flexibility index (Phi) is 3.52. The van der Waals surface area contributed by atoms with Crippen LogP contribution in [0.4, 0.5) is 0 Å². The highest BCUT2D eigenvalue weighted by molar-refractivity contribution is 4.96. The molecule has 86 valence electrons. The zero-order valence-corrected chi connectivity index (χ0v) is 10.0. The predicted octanol–water partition coefficient (Wildman–Crippen LogP) is 1.79. The van der Waals surface area contributed by atoms with E-state index >= 15 is 0 Å². The zero-order chi connectivity index (χ0) is 11.6. The molecule has 1 rings (SSSR count). The van der Waals surface area contributed by atoms with E-state index in [4.69, 9.17) is 4.42 Å². The van der Waals surface area contributed by atoms with Crippen molar-refractivity contribution < 1.29 is 9.52 Å². The van der Waals surface area contributed by atoms with Gasteiger partial charge in [0.1, 0.15) is 5.76 Å². The molecule has 1 aromatic heterocycles. The Morgan fingerprint density at radius 3 is 2.47 bits per heavy atom. The van der Waals surface area contributed by atoms with Crippen LogP contribution in [0.3, 0.4) is 0 Å². The maximum Gasteiger partial charge on any atom is 0.211 e. The van der Waals surface area contributed by atoms with Crippen LogP contribution in [0.2, 0.25) is 0 Å². The summed E-state index contributed by atoms with van der Waals surface area (Å²) < 4.78 is 5.40. The molecule has 0 saturated heterocycles. The van der Waals surface area contributed by atoms with Gasteiger partial charge in [-0.25, -0.2) is 4.98 Å². The molecule has 1 aromatic rings. The highest BCUT2D eigenvalue weighted by Gasteiger charge is 2.25. The van der Waals surface area contributed by atoms with Crippen molar-refractivity contribution in [1.82, 2.24) is 10.3 Å². The minimum atomic E-state index is -0.754. The highest BCUT2D eigenvalue weighted by atomic mass is 16.4. The Morgan fingerprint density at radius 2 is 2.07 bits per heavy atom. The van der Waals surface area contributed by atoms with E-state index in [0.29, 0.717) is 5.89 Å². The zero-order valence-electron chi connectivity index (χ0n) is 10.0. The van der Waals surface area contributed by atoms with Crippen molar-refractivity contribution in [2.24, 2.45) is 0 Å². The number of aromatic nitrogens is 1. The summed E-state index contributed by atoms with van der Waals surface area (Å²) in [6, 6.07) is -0.0279. The minimum absolute atomic E-state index is 0.000116. The molecule has 0 aliphatic rings. The number of hydrogen-bond acceptors (Lipinski definition) is 4. The Bertz CT molecular complexity index is 315. The second-order valence-corrected chi connectivity index (χ2v) is 4.57. The van der Waals surface area contributed by atoms with Gasteiger partial charge in [-0.3, -0.25) is 0 Å². The molecular formula is C11H20N2O2. The van der Waals surface area contributed by atoms with Gasteiger partial charge in [-0.05, 0) is 34.6 Å². The van der Waals surface area contributed by atoms with Crippen molar-refractivity contribution in [3.8, 4) is 0 Å². The standard InChI is InChI=1S/C11H20N2O2/c1-7-6-12-10(15-7)8(2)13-9(3)11(4,5)14/h6,8-9,13-14H,1-5H3. The first-order valence-electron chi connectivity index (χ1n) is 5.21. The molecule has 2 atom stereocenters. The third kappa shape index (κ3) is 3.32. The molecule has 0 spiro atoms. The van der Waals surface area contributed by atoms with Crippen LogP contribution in [0.5, 0.6) is 0 Å². The Hall–Kier alpha value is -0.870. The van der Waals surface area contributed by atoms with Gasteiger partial charge in [0, 0.05) is 6.04 Å². The van der Waals surface area contributed by atoms with E-state index in [1.54, 1.807) is 20.0 Å². The van der Waals surface area contributed by atoms with E-state index in [1.807, 2.05) is 20.8 Å². The number of rotatable bonds is 4. The summed E-state index contributed by atoms with van der Waals surface area (Å²) in [5.74, 6) is 1.46. The number of hydrogen-bond donors (Lipinski definition) is 2. The van der Waals surface area contributed by atoms with Crippen LogP contribution >= 0.6 is 0 Å². The fourth-order valence-corrected chi connectivity index (χ4v) is 1.22. The minimum Gasteiger partial charge on any atom is -0.444 e. The number of oxazole rings is 1. The van der Waals surface area contributed by atoms with Gasteiger partial charge in [0.2, 0.25) is 5.89 Å². The first kappa shape index (κ1) is 12.2. The lowest BCUT2D eigenvalue weighted by molar-refractivity contribution is 0.0393. The maximum absolute atomic E-state index is 9.77. The first-order valence-corrected chi connectivity index (χ1v) is 5.21. The molecule has 0 aromatic carbocycles. The van der Waals surface area contributed by atoms with Gasteiger partial charge in [0.25, 0.3) is 0 Å². The molecule has 0 aliphatic carbocycles. The van der Waals surface area contributed by atoms with Crippen LogP contribution in [0.25, 0.3) is 0 Å². The molecule has 0 bridgehead atoms.